The molecule has 84 valence electrons. The van der Waals surface area contributed by atoms with Crippen LogP contribution in [0, 0.1) is 5.92 Å². The predicted octanol–water partition coefficient (Wildman–Crippen LogP) is 0.802. The molecule has 0 aromatic rings. The zero-order valence-electron chi connectivity index (χ0n) is 9.17. The summed E-state index contributed by atoms with van der Waals surface area (Å²) in [7, 11) is 0. The molecular formula is C12H20N2O. The third kappa shape index (κ3) is 1.45. The molecule has 2 aliphatic heterocycles. The van der Waals surface area contributed by atoms with E-state index >= 15 is 0 Å². The summed E-state index contributed by atoms with van der Waals surface area (Å²) in [6, 6.07) is 0.584. The lowest BCUT2D eigenvalue weighted by atomic mass is 9.76. The first kappa shape index (κ1) is 9.82. The maximum Gasteiger partial charge on any atom is 0.0667 e. The van der Waals surface area contributed by atoms with E-state index in [2.05, 4.69) is 11.4 Å². The van der Waals surface area contributed by atoms with Gasteiger partial charge in [0, 0.05) is 18.5 Å². The molecule has 1 saturated carbocycles. The maximum absolute atomic E-state index is 5.93. The third-order valence-electron chi connectivity index (χ3n) is 4.26. The van der Waals surface area contributed by atoms with Gasteiger partial charge in [0.15, 0.2) is 0 Å². The minimum absolute atomic E-state index is 0.0471. The molecule has 0 bridgehead atoms. The summed E-state index contributed by atoms with van der Waals surface area (Å²) >= 11 is 0. The summed E-state index contributed by atoms with van der Waals surface area (Å²) in [5.74, 6) is 0.506. The van der Waals surface area contributed by atoms with Crippen molar-refractivity contribution in [2.45, 2.75) is 37.3 Å². The van der Waals surface area contributed by atoms with Crippen molar-refractivity contribution in [2.75, 3.05) is 19.8 Å². The molecule has 3 aliphatic rings. The molecule has 3 rings (SSSR count). The van der Waals surface area contributed by atoms with Crippen LogP contribution in [0.3, 0.4) is 0 Å². The van der Waals surface area contributed by atoms with E-state index in [1.165, 1.54) is 25.7 Å². The molecule has 0 radical (unpaired) electrons. The standard InChI is InChI=1S/C12H20N2O/c13-7-12-8-15-6-10(12)5-9-3-1-2-4-11(9)14-12/h5,10-11,14H,1-4,6-8,13H2/t10-,11-,12-/m0/s1. The highest BCUT2D eigenvalue weighted by Gasteiger charge is 2.46. The van der Waals surface area contributed by atoms with Gasteiger partial charge in [-0.1, -0.05) is 18.1 Å². The van der Waals surface area contributed by atoms with Gasteiger partial charge in [-0.15, -0.1) is 0 Å². The molecule has 2 fully saturated rings. The monoisotopic (exact) mass is 208 g/mol. The lowest BCUT2D eigenvalue weighted by molar-refractivity contribution is 0.162. The Morgan fingerprint density at radius 3 is 3.33 bits per heavy atom. The summed E-state index contributed by atoms with van der Waals surface area (Å²) in [5, 5.41) is 3.76. The van der Waals surface area contributed by atoms with E-state index in [1.807, 2.05) is 0 Å². The molecule has 15 heavy (non-hydrogen) atoms. The average Bonchev–Trinajstić information content (AvgIpc) is 2.69. The SMILES string of the molecule is NC[C@]12COC[C@@H]1C=C1CCCC[C@@H]1N2. The zero-order chi connectivity index (χ0) is 10.3. The molecule has 0 aromatic heterocycles. The van der Waals surface area contributed by atoms with Gasteiger partial charge in [-0.25, -0.2) is 0 Å². The van der Waals surface area contributed by atoms with E-state index in [9.17, 15) is 0 Å². The zero-order valence-corrected chi connectivity index (χ0v) is 9.17. The van der Waals surface area contributed by atoms with E-state index < -0.39 is 0 Å². The van der Waals surface area contributed by atoms with Crippen LogP contribution in [0.2, 0.25) is 0 Å². The fraction of sp³-hybridized carbons (Fsp3) is 0.833. The number of rotatable bonds is 1. The lowest BCUT2D eigenvalue weighted by Crippen LogP contribution is -2.62. The molecule has 0 spiro atoms. The van der Waals surface area contributed by atoms with Gasteiger partial charge in [-0.05, 0) is 19.3 Å². The maximum atomic E-state index is 5.93. The van der Waals surface area contributed by atoms with Gasteiger partial charge in [0.1, 0.15) is 0 Å². The van der Waals surface area contributed by atoms with Gasteiger partial charge in [0.2, 0.25) is 0 Å². The molecule has 1 aliphatic carbocycles. The van der Waals surface area contributed by atoms with Crippen molar-refractivity contribution >= 4 is 0 Å². The molecule has 0 aromatic carbocycles. The minimum Gasteiger partial charge on any atom is -0.379 e. The van der Waals surface area contributed by atoms with Gasteiger partial charge in [-0.3, -0.25) is 0 Å². The normalized spacial score (nSPS) is 44.5. The second-order valence-electron chi connectivity index (χ2n) is 5.17. The van der Waals surface area contributed by atoms with Crippen molar-refractivity contribution in [1.29, 1.82) is 0 Å². The first-order valence-electron chi connectivity index (χ1n) is 6.10. The van der Waals surface area contributed by atoms with Crippen molar-refractivity contribution in [3.8, 4) is 0 Å². The fourth-order valence-electron chi connectivity index (χ4n) is 3.27. The van der Waals surface area contributed by atoms with Crippen LogP contribution in [0.5, 0.6) is 0 Å². The number of fused-ring (bicyclic) bond motifs is 2. The number of hydrogen-bond acceptors (Lipinski definition) is 3. The third-order valence-corrected chi connectivity index (χ3v) is 4.26. The van der Waals surface area contributed by atoms with Crippen molar-refractivity contribution in [3.63, 3.8) is 0 Å². The summed E-state index contributed by atoms with van der Waals surface area (Å²) < 4.78 is 5.60. The lowest BCUT2D eigenvalue weighted by Gasteiger charge is -2.43. The van der Waals surface area contributed by atoms with Crippen LogP contribution in [0.1, 0.15) is 25.7 Å². The number of hydrogen-bond donors (Lipinski definition) is 2. The molecule has 3 N–H and O–H groups in total. The smallest absolute Gasteiger partial charge is 0.0667 e. The van der Waals surface area contributed by atoms with Crippen molar-refractivity contribution in [3.05, 3.63) is 11.6 Å². The van der Waals surface area contributed by atoms with Crippen LogP contribution < -0.4 is 11.1 Å². The average molecular weight is 208 g/mol. The Hall–Kier alpha value is -0.380. The second-order valence-corrected chi connectivity index (χ2v) is 5.17. The van der Waals surface area contributed by atoms with Crippen molar-refractivity contribution < 1.29 is 4.74 Å². The molecule has 3 heteroatoms. The van der Waals surface area contributed by atoms with Crippen LogP contribution in [0.25, 0.3) is 0 Å². The molecule has 0 unspecified atom stereocenters. The summed E-state index contributed by atoms with van der Waals surface area (Å²) in [6.45, 7) is 2.33. The first-order valence-corrected chi connectivity index (χ1v) is 6.10. The Morgan fingerprint density at radius 2 is 2.47 bits per heavy atom. The quantitative estimate of drug-likeness (QED) is 0.627. The molecule has 3 atom stereocenters. The predicted molar refractivity (Wildman–Crippen MR) is 59.6 cm³/mol. The second kappa shape index (κ2) is 3.58. The molecule has 2 heterocycles. The number of ether oxygens (including phenoxy) is 1. The van der Waals surface area contributed by atoms with E-state index in [-0.39, 0.29) is 5.54 Å². The highest BCUT2D eigenvalue weighted by molar-refractivity contribution is 5.25. The molecule has 0 amide bonds. The van der Waals surface area contributed by atoms with Crippen molar-refractivity contribution in [1.82, 2.24) is 5.32 Å². The van der Waals surface area contributed by atoms with Gasteiger partial charge in [0.25, 0.3) is 0 Å². The van der Waals surface area contributed by atoms with Crippen LogP contribution in [0.15, 0.2) is 11.6 Å². The van der Waals surface area contributed by atoms with E-state index in [1.54, 1.807) is 5.57 Å². The van der Waals surface area contributed by atoms with Crippen LogP contribution in [-0.4, -0.2) is 31.3 Å². The summed E-state index contributed by atoms with van der Waals surface area (Å²) in [4.78, 5) is 0. The van der Waals surface area contributed by atoms with Crippen molar-refractivity contribution in [2.24, 2.45) is 11.7 Å². The van der Waals surface area contributed by atoms with Gasteiger partial charge < -0.3 is 15.8 Å². The highest BCUT2D eigenvalue weighted by Crippen LogP contribution is 2.37. The van der Waals surface area contributed by atoms with Crippen LogP contribution in [0.4, 0.5) is 0 Å². The summed E-state index contributed by atoms with van der Waals surface area (Å²) in [6.07, 6.45) is 7.71. The number of nitrogens with one attached hydrogen (secondary N) is 1. The van der Waals surface area contributed by atoms with Crippen LogP contribution in [-0.2, 0) is 4.74 Å². The number of nitrogens with two attached hydrogens (primary N) is 1. The largest absolute Gasteiger partial charge is 0.379 e. The Kier molecular flexibility index (Phi) is 2.34. The Bertz CT molecular complexity index is 289. The topological polar surface area (TPSA) is 47.3 Å². The van der Waals surface area contributed by atoms with E-state index in [0.717, 1.165) is 13.2 Å². The Labute approximate surface area is 91.0 Å². The molecule has 1 saturated heterocycles. The van der Waals surface area contributed by atoms with Crippen LogP contribution >= 0.6 is 0 Å². The Balaban J connectivity index is 1.90. The minimum atomic E-state index is 0.0471. The first-order chi connectivity index (χ1) is 7.34. The van der Waals surface area contributed by atoms with E-state index in [4.69, 9.17) is 10.5 Å². The molecular weight excluding hydrogens is 188 g/mol. The highest BCUT2D eigenvalue weighted by atomic mass is 16.5. The van der Waals surface area contributed by atoms with Gasteiger partial charge in [0.05, 0.1) is 18.8 Å². The van der Waals surface area contributed by atoms with Gasteiger partial charge in [-0.2, -0.15) is 0 Å². The Morgan fingerprint density at radius 1 is 1.53 bits per heavy atom. The summed E-state index contributed by atoms with van der Waals surface area (Å²) in [5.41, 5.74) is 7.59. The van der Waals surface area contributed by atoms with Gasteiger partial charge >= 0.3 is 0 Å². The van der Waals surface area contributed by atoms with E-state index in [0.29, 0.717) is 18.5 Å². The molecule has 3 nitrogen and oxygen atoms in total. The fourth-order valence-corrected chi connectivity index (χ4v) is 3.27.